The summed E-state index contributed by atoms with van der Waals surface area (Å²) in [5.74, 6) is 1.53. The van der Waals surface area contributed by atoms with E-state index in [-0.39, 0.29) is 0 Å². The third-order valence-corrected chi connectivity index (χ3v) is 5.28. The van der Waals surface area contributed by atoms with Gasteiger partial charge in [-0.1, -0.05) is 80.6 Å². The van der Waals surface area contributed by atoms with Crippen LogP contribution in [0.15, 0.2) is 78.9 Å². The number of fused-ring (bicyclic) bond motifs is 3. The number of hydrogen-bond donors (Lipinski definition) is 0. The summed E-state index contributed by atoms with van der Waals surface area (Å²) in [4.78, 5) is 0. The normalized spacial score (nSPS) is 12.4. The second kappa shape index (κ2) is 7.21. The molecule has 0 N–H and O–H groups in total. The minimum absolute atomic E-state index is 0.597. The molecule has 0 aliphatic carbocycles. The van der Waals surface area contributed by atoms with Gasteiger partial charge in [-0.05, 0) is 57.1 Å². The van der Waals surface area contributed by atoms with Crippen molar-refractivity contribution in [2.45, 2.75) is 32.8 Å². The van der Waals surface area contributed by atoms with E-state index in [9.17, 15) is 0 Å². The van der Waals surface area contributed by atoms with Gasteiger partial charge in [0.25, 0.3) is 0 Å². The Labute approximate surface area is 155 Å². The van der Waals surface area contributed by atoms with E-state index < -0.39 is 0 Å². The number of benzene rings is 4. The molecular formula is C25H24O. The van der Waals surface area contributed by atoms with Crippen molar-refractivity contribution in [3.63, 3.8) is 0 Å². The monoisotopic (exact) mass is 340 g/mol. The van der Waals surface area contributed by atoms with Crippen LogP contribution in [0.1, 0.15) is 37.3 Å². The molecule has 1 unspecified atom stereocenters. The van der Waals surface area contributed by atoms with Gasteiger partial charge in [0, 0.05) is 0 Å². The lowest BCUT2D eigenvalue weighted by Gasteiger charge is -2.11. The van der Waals surface area contributed by atoms with E-state index in [4.69, 9.17) is 4.74 Å². The molecule has 130 valence electrons. The van der Waals surface area contributed by atoms with Crippen LogP contribution in [0, 0.1) is 0 Å². The summed E-state index contributed by atoms with van der Waals surface area (Å²) < 4.78 is 6.04. The molecule has 0 spiro atoms. The molecule has 0 saturated carbocycles. The molecule has 1 atom stereocenters. The van der Waals surface area contributed by atoms with Crippen LogP contribution in [0.3, 0.4) is 0 Å². The summed E-state index contributed by atoms with van der Waals surface area (Å²) in [6.45, 7) is 5.09. The van der Waals surface area contributed by atoms with E-state index in [0.717, 1.165) is 5.75 Å². The Balaban J connectivity index is 1.53. The molecule has 0 radical (unpaired) electrons. The standard InChI is InChI=1S/C25H24O/c1-3-18(2)20-10-8-19(9-11-20)17-26-23-14-15-25-22(16-23)13-12-21-6-4-5-7-24(21)25/h4-16,18H,3,17H2,1-2H3. The molecular weight excluding hydrogens is 316 g/mol. The molecule has 4 rings (SSSR count). The van der Waals surface area contributed by atoms with Crippen LogP contribution in [-0.4, -0.2) is 0 Å². The highest BCUT2D eigenvalue weighted by Crippen LogP contribution is 2.28. The molecule has 0 saturated heterocycles. The van der Waals surface area contributed by atoms with Crippen molar-refractivity contribution in [3.8, 4) is 5.75 Å². The fraction of sp³-hybridized carbons (Fsp3) is 0.200. The first kappa shape index (κ1) is 16.7. The summed E-state index contributed by atoms with van der Waals surface area (Å²) in [6.07, 6.45) is 1.17. The lowest BCUT2D eigenvalue weighted by molar-refractivity contribution is 0.306. The van der Waals surface area contributed by atoms with E-state index in [2.05, 4.69) is 92.7 Å². The van der Waals surface area contributed by atoms with Crippen molar-refractivity contribution in [2.75, 3.05) is 0 Å². The molecule has 0 fully saturated rings. The fourth-order valence-electron chi connectivity index (χ4n) is 3.43. The van der Waals surface area contributed by atoms with Gasteiger partial charge in [-0.25, -0.2) is 0 Å². The van der Waals surface area contributed by atoms with Gasteiger partial charge in [0.2, 0.25) is 0 Å². The van der Waals surface area contributed by atoms with Crippen LogP contribution in [0.2, 0.25) is 0 Å². The number of rotatable bonds is 5. The summed E-state index contributed by atoms with van der Waals surface area (Å²) in [5.41, 5.74) is 2.60. The Hall–Kier alpha value is -2.80. The molecule has 0 aliphatic heterocycles. The molecule has 0 aliphatic rings. The summed E-state index contributed by atoms with van der Waals surface area (Å²) in [7, 11) is 0. The third-order valence-electron chi connectivity index (χ3n) is 5.28. The van der Waals surface area contributed by atoms with Crippen LogP contribution < -0.4 is 4.74 Å². The SMILES string of the molecule is CCC(C)c1ccc(COc2ccc3c(ccc4ccccc43)c2)cc1. The van der Waals surface area contributed by atoms with Gasteiger partial charge < -0.3 is 4.74 Å². The molecule has 1 nitrogen and oxygen atoms in total. The maximum atomic E-state index is 6.04. The second-order valence-corrected chi connectivity index (χ2v) is 7.01. The molecule has 4 aromatic carbocycles. The average Bonchev–Trinajstić information content (AvgIpc) is 2.71. The van der Waals surface area contributed by atoms with Crippen LogP contribution in [0.4, 0.5) is 0 Å². The minimum Gasteiger partial charge on any atom is -0.489 e. The van der Waals surface area contributed by atoms with Gasteiger partial charge in [0.1, 0.15) is 12.4 Å². The van der Waals surface area contributed by atoms with E-state index >= 15 is 0 Å². The van der Waals surface area contributed by atoms with Gasteiger partial charge in [-0.2, -0.15) is 0 Å². The molecule has 0 bridgehead atoms. The predicted octanol–water partition coefficient (Wildman–Crippen LogP) is 7.09. The number of hydrogen-bond acceptors (Lipinski definition) is 1. The van der Waals surface area contributed by atoms with E-state index in [1.807, 2.05) is 0 Å². The minimum atomic E-state index is 0.597. The van der Waals surface area contributed by atoms with Gasteiger partial charge in [0.15, 0.2) is 0 Å². The maximum absolute atomic E-state index is 6.04. The topological polar surface area (TPSA) is 9.23 Å². The first-order valence-electron chi connectivity index (χ1n) is 9.38. The van der Waals surface area contributed by atoms with Crippen molar-refractivity contribution < 1.29 is 4.74 Å². The Kier molecular flexibility index (Phi) is 4.62. The summed E-state index contributed by atoms with van der Waals surface area (Å²) in [5, 5.41) is 5.05. The molecule has 26 heavy (non-hydrogen) atoms. The zero-order valence-electron chi connectivity index (χ0n) is 15.4. The average molecular weight is 340 g/mol. The lowest BCUT2D eigenvalue weighted by Crippen LogP contribution is -1.97. The van der Waals surface area contributed by atoms with Crippen molar-refractivity contribution in [1.29, 1.82) is 0 Å². The first-order chi connectivity index (χ1) is 12.7. The van der Waals surface area contributed by atoms with Crippen LogP contribution in [0.5, 0.6) is 5.75 Å². The van der Waals surface area contributed by atoms with Crippen molar-refractivity contribution in [2.24, 2.45) is 0 Å². The second-order valence-electron chi connectivity index (χ2n) is 7.01. The summed E-state index contributed by atoms with van der Waals surface area (Å²) >= 11 is 0. The van der Waals surface area contributed by atoms with Gasteiger partial charge in [-0.3, -0.25) is 0 Å². The van der Waals surface area contributed by atoms with Crippen LogP contribution in [-0.2, 0) is 6.61 Å². The van der Waals surface area contributed by atoms with Crippen molar-refractivity contribution in [3.05, 3.63) is 90.0 Å². The van der Waals surface area contributed by atoms with E-state index in [0.29, 0.717) is 12.5 Å². The smallest absolute Gasteiger partial charge is 0.120 e. The highest BCUT2D eigenvalue weighted by atomic mass is 16.5. The van der Waals surface area contributed by atoms with Gasteiger partial charge >= 0.3 is 0 Å². The molecule has 1 heteroatoms. The molecule has 4 aromatic rings. The van der Waals surface area contributed by atoms with Gasteiger partial charge in [-0.15, -0.1) is 0 Å². The van der Waals surface area contributed by atoms with Crippen molar-refractivity contribution >= 4 is 21.5 Å². The highest BCUT2D eigenvalue weighted by Gasteiger charge is 2.04. The Morgan fingerprint density at radius 2 is 1.50 bits per heavy atom. The lowest BCUT2D eigenvalue weighted by atomic mass is 9.98. The first-order valence-corrected chi connectivity index (χ1v) is 9.38. The predicted molar refractivity (Wildman–Crippen MR) is 111 cm³/mol. The van der Waals surface area contributed by atoms with Gasteiger partial charge in [0.05, 0.1) is 0 Å². The Morgan fingerprint density at radius 1 is 0.769 bits per heavy atom. The quantitative estimate of drug-likeness (QED) is 0.352. The van der Waals surface area contributed by atoms with E-state index in [1.165, 1.54) is 39.1 Å². The molecule has 0 heterocycles. The zero-order chi connectivity index (χ0) is 17.9. The van der Waals surface area contributed by atoms with Crippen LogP contribution >= 0.6 is 0 Å². The molecule has 0 amide bonds. The Morgan fingerprint density at radius 3 is 2.31 bits per heavy atom. The van der Waals surface area contributed by atoms with E-state index in [1.54, 1.807) is 0 Å². The molecule has 0 aromatic heterocycles. The third kappa shape index (κ3) is 3.30. The largest absolute Gasteiger partial charge is 0.489 e. The summed E-state index contributed by atoms with van der Waals surface area (Å²) in [6, 6.07) is 28.0. The Bertz CT molecular complexity index is 1030. The maximum Gasteiger partial charge on any atom is 0.120 e. The highest BCUT2D eigenvalue weighted by molar-refractivity contribution is 6.07. The number of ether oxygens (including phenoxy) is 1. The van der Waals surface area contributed by atoms with Crippen molar-refractivity contribution in [1.82, 2.24) is 0 Å². The van der Waals surface area contributed by atoms with Crippen LogP contribution in [0.25, 0.3) is 21.5 Å². The zero-order valence-corrected chi connectivity index (χ0v) is 15.4. The fourth-order valence-corrected chi connectivity index (χ4v) is 3.43.